The first-order valence-corrected chi connectivity index (χ1v) is 10.7. The molecule has 0 amide bonds. The number of aromatic nitrogens is 3. The van der Waals surface area contributed by atoms with E-state index in [-0.39, 0.29) is 0 Å². The Morgan fingerprint density at radius 1 is 0.773 bits per heavy atom. The molecule has 0 aromatic carbocycles. The second kappa shape index (κ2) is 6.16. The zero-order valence-corrected chi connectivity index (χ0v) is 14.7. The van der Waals surface area contributed by atoms with Crippen LogP contribution in [0.1, 0.15) is 44.3 Å². The molecule has 0 aliphatic carbocycles. The molecule has 1 aromatic rings. The summed E-state index contributed by atoms with van der Waals surface area (Å²) >= 11 is 0. The summed E-state index contributed by atoms with van der Waals surface area (Å²) in [5, 5.41) is 4.86. The van der Waals surface area contributed by atoms with E-state index in [0.717, 1.165) is 5.82 Å². The van der Waals surface area contributed by atoms with Crippen molar-refractivity contribution in [2.45, 2.75) is 45.4 Å². The summed E-state index contributed by atoms with van der Waals surface area (Å²) < 4.78 is 10.7. The van der Waals surface area contributed by atoms with Crippen LogP contribution in [-0.4, -0.2) is 67.8 Å². The third-order valence-electron chi connectivity index (χ3n) is 5.50. The van der Waals surface area contributed by atoms with E-state index in [4.69, 9.17) is 5.10 Å². The van der Waals surface area contributed by atoms with Gasteiger partial charge in [0.15, 0.2) is 0 Å². The van der Waals surface area contributed by atoms with Crippen LogP contribution in [0.25, 0.3) is 0 Å². The molecule has 4 rings (SSSR count). The summed E-state index contributed by atoms with van der Waals surface area (Å²) in [6.45, 7) is 9.43. The Labute approximate surface area is 134 Å². The van der Waals surface area contributed by atoms with Crippen molar-refractivity contribution < 1.29 is 0 Å². The van der Waals surface area contributed by atoms with Crippen LogP contribution in [0.4, 0.5) is 0 Å². The van der Waals surface area contributed by atoms with Crippen LogP contribution in [-0.2, 0) is 0 Å². The first kappa shape index (κ1) is 15.0. The molecular formula is C15H29N6P. The molecule has 3 aliphatic rings. The minimum atomic E-state index is -2.11. The quantitative estimate of drug-likeness (QED) is 0.794. The molecule has 0 saturated carbocycles. The first-order chi connectivity index (χ1) is 10.8. The third-order valence-corrected chi connectivity index (χ3v) is 10.2. The molecule has 0 atom stereocenters. The van der Waals surface area contributed by atoms with E-state index >= 15 is 0 Å². The zero-order chi connectivity index (χ0) is 15.0. The molecule has 6 nitrogen and oxygen atoms in total. The van der Waals surface area contributed by atoms with Gasteiger partial charge in [0.2, 0.25) is 0 Å². The van der Waals surface area contributed by atoms with Gasteiger partial charge in [0.05, 0.1) is 0 Å². The van der Waals surface area contributed by atoms with Crippen molar-refractivity contribution >= 4 is 7.87 Å². The van der Waals surface area contributed by atoms with Crippen molar-refractivity contribution in [3.63, 3.8) is 0 Å². The van der Waals surface area contributed by atoms with Gasteiger partial charge in [-0.05, 0) is 0 Å². The molecule has 3 fully saturated rings. The fourth-order valence-corrected chi connectivity index (χ4v) is 9.89. The van der Waals surface area contributed by atoms with Gasteiger partial charge >= 0.3 is 133 Å². The maximum atomic E-state index is 4.86. The van der Waals surface area contributed by atoms with Crippen molar-refractivity contribution in [1.29, 1.82) is 0 Å². The number of aryl methyl sites for hydroxylation is 1. The Bertz CT molecular complexity index is 459. The topological polar surface area (TPSA) is 40.4 Å². The van der Waals surface area contributed by atoms with E-state index in [0.29, 0.717) is 0 Å². The predicted octanol–water partition coefficient (Wildman–Crippen LogP) is 2.13. The van der Waals surface area contributed by atoms with Gasteiger partial charge in [-0.3, -0.25) is 0 Å². The zero-order valence-electron chi connectivity index (χ0n) is 13.7. The van der Waals surface area contributed by atoms with E-state index in [1.165, 1.54) is 77.8 Å². The van der Waals surface area contributed by atoms with Crippen molar-refractivity contribution in [1.82, 2.24) is 28.5 Å². The van der Waals surface area contributed by atoms with Crippen molar-refractivity contribution in [2.75, 3.05) is 39.3 Å². The Morgan fingerprint density at radius 3 is 1.50 bits per heavy atom. The average molecular weight is 324 g/mol. The van der Waals surface area contributed by atoms with Gasteiger partial charge in [0.1, 0.15) is 0 Å². The van der Waals surface area contributed by atoms with Crippen LogP contribution in [0, 0.1) is 6.92 Å². The van der Waals surface area contributed by atoms with Gasteiger partial charge in [0, 0.05) is 0 Å². The van der Waals surface area contributed by atoms with E-state index in [1.807, 2.05) is 13.3 Å². The van der Waals surface area contributed by atoms with Crippen LogP contribution < -0.4 is 0 Å². The maximum absolute atomic E-state index is 4.86. The molecule has 0 bridgehead atoms. The standard InChI is InChI=1S/C15H29N6P/c1-15-16-14-21(17-15)22(18-8-2-3-9-18,19-10-4-5-11-19)20-12-6-7-13-20/h14,22H,2-13H2,1H3. The molecule has 3 aliphatic heterocycles. The average Bonchev–Trinajstić information content (AvgIpc) is 3.31. The summed E-state index contributed by atoms with van der Waals surface area (Å²) in [7, 11) is -2.11. The molecule has 0 N–H and O–H groups in total. The van der Waals surface area contributed by atoms with Gasteiger partial charge in [-0.1, -0.05) is 0 Å². The Hall–Kier alpha value is -0.550. The Morgan fingerprint density at radius 2 is 1.18 bits per heavy atom. The van der Waals surface area contributed by atoms with Gasteiger partial charge in [-0.25, -0.2) is 0 Å². The summed E-state index contributed by atoms with van der Waals surface area (Å²) in [6, 6.07) is 0. The molecule has 22 heavy (non-hydrogen) atoms. The second-order valence-corrected chi connectivity index (χ2v) is 10.5. The van der Waals surface area contributed by atoms with Crippen molar-refractivity contribution in [2.24, 2.45) is 0 Å². The summed E-state index contributed by atoms with van der Waals surface area (Å²) in [5.74, 6) is 0.912. The summed E-state index contributed by atoms with van der Waals surface area (Å²) in [6.07, 6.45) is 10.0. The van der Waals surface area contributed by atoms with Crippen LogP contribution >= 0.6 is 7.87 Å². The van der Waals surface area contributed by atoms with E-state index in [2.05, 4.69) is 23.4 Å². The molecule has 3 saturated heterocycles. The fraction of sp³-hybridized carbons (Fsp3) is 0.867. The van der Waals surface area contributed by atoms with Gasteiger partial charge in [0.25, 0.3) is 0 Å². The monoisotopic (exact) mass is 324 g/mol. The predicted molar refractivity (Wildman–Crippen MR) is 90.9 cm³/mol. The second-order valence-electron chi connectivity index (χ2n) is 6.92. The molecule has 0 spiro atoms. The Kier molecular flexibility index (Phi) is 4.20. The molecule has 4 heterocycles. The van der Waals surface area contributed by atoms with Crippen LogP contribution in [0.2, 0.25) is 0 Å². The summed E-state index contributed by atoms with van der Waals surface area (Å²) in [5.41, 5.74) is 0. The van der Waals surface area contributed by atoms with Gasteiger partial charge < -0.3 is 0 Å². The Balaban J connectivity index is 1.81. The number of nitrogens with zero attached hydrogens (tertiary/aromatic N) is 6. The summed E-state index contributed by atoms with van der Waals surface area (Å²) in [4.78, 5) is 4.50. The number of rotatable bonds is 4. The minimum absolute atomic E-state index is 0.912. The van der Waals surface area contributed by atoms with Crippen LogP contribution in [0.3, 0.4) is 0 Å². The molecular weight excluding hydrogens is 295 g/mol. The van der Waals surface area contributed by atoms with E-state index in [1.54, 1.807) is 0 Å². The molecule has 7 heteroatoms. The van der Waals surface area contributed by atoms with Crippen molar-refractivity contribution in [3.05, 3.63) is 12.2 Å². The first-order valence-electron chi connectivity index (χ1n) is 8.96. The molecule has 124 valence electrons. The molecule has 0 unspecified atom stereocenters. The normalized spacial score (nSPS) is 26.2. The number of hydrogen-bond acceptors (Lipinski definition) is 5. The fourth-order valence-electron chi connectivity index (χ4n) is 4.58. The van der Waals surface area contributed by atoms with Crippen LogP contribution in [0.15, 0.2) is 6.33 Å². The number of hydrogen-bond donors (Lipinski definition) is 0. The molecule has 1 aromatic heterocycles. The van der Waals surface area contributed by atoms with Gasteiger partial charge in [-0.15, -0.1) is 0 Å². The van der Waals surface area contributed by atoms with E-state index < -0.39 is 7.87 Å². The third kappa shape index (κ3) is 2.32. The van der Waals surface area contributed by atoms with Gasteiger partial charge in [-0.2, -0.15) is 0 Å². The van der Waals surface area contributed by atoms with E-state index in [9.17, 15) is 0 Å². The van der Waals surface area contributed by atoms with Crippen LogP contribution in [0.5, 0.6) is 0 Å². The van der Waals surface area contributed by atoms with Crippen molar-refractivity contribution in [3.8, 4) is 0 Å². The molecule has 0 radical (unpaired) electrons. The SMILES string of the molecule is Cc1ncn([PH](N2CCCC2)(N2CCCC2)N2CCCC2)n1.